The summed E-state index contributed by atoms with van der Waals surface area (Å²) in [7, 11) is 0. The van der Waals surface area contributed by atoms with Gasteiger partial charge in [-0.05, 0) is 88.2 Å². The second kappa shape index (κ2) is 16.1. The molecule has 0 aliphatic carbocycles. The van der Waals surface area contributed by atoms with Gasteiger partial charge in [0.25, 0.3) is 5.91 Å². The number of amides is 2. The number of rotatable bonds is 13. The van der Waals surface area contributed by atoms with Crippen LogP contribution in [0.5, 0.6) is 5.75 Å². The fourth-order valence-electron chi connectivity index (χ4n) is 4.38. The van der Waals surface area contributed by atoms with E-state index in [1.165, 1.54) is 0 Å². The Morgan fingerprint density at radius 3 is 2.30 bits per heavy atom. The quantitative estimate of drug-likeness (QED) is 0.0997. The van der Waals surface area contributed by atoms with Crippen LogP contribution in [0.15, 0.2) is 54.6 Å². The molecule has 2 amide bonds. The van der Waals surface area contributed by atoms with Gasteiger partial charge in [0, 0.05) is 29.0 Å². The van der Waals surface area contributed by atoms with E-state index >= 15 is 0 Å². The minimum atomic E-state index is -0.714. The van der Waals surface area contributed by atoms with Gasteiger partial charge in [0.1, 0.15) is 11.6 Å². The number of nitrogens with one attached hydrogen (secondary N) is 4. The highest BCUT2D eigenvalue weighted by atomic mass is 16.5. The van der Waals surface area contributed by atoms with Crippen molar-refractivity contribution < 1.29 is 33.7 Å². The zero-order valence-corrected chi connectivity index (χ0v) is 25.7. The topological polar surface area (TPSA) is 159 Å². The molecule has 0 aliphatic rings. The largest absolute Gasteiger partial charge is 0.491 e. The number of carbonyl (C=O) groups excluding carboxylic acids is 3. The summed E-state index contributed by atoms with van der Waals surface area (Å²) < 4.78 is 16.0. The lowest BCUT2D eigenvalue weighted by Gasteiger charge is -2.20. The number of amidine groups is 1. The Balaban J connectivity index is 1.84. The molecule has 3 rings (SSSR count). The Kier molecular flexibility index (Phi) is 12.3. The first-order valence-electron chi connectivity index (χ1n) is 14.4. The Morgan fingerprint density at radius 1 is 0.955 bits per heavy atom. The van der Waals surface area contributed by atoms with E-state index in [2.05, 4.69) is 16.0 Å². The Labute approximate surface area is 257 Å². The molecule has 0 heterocycles. The molecular weight excluding hydrogens is 564 g/mol. The lowest BCUT2D eigenvalue weighted by molar-refractivity contribution is -0.142. The zero-order valence-electron chi connectivity index (χ0n) is 25.7. The molecule has 0 bridgehead atoms. The molecule has 0 radical (unpaired) electrons. The van der Waals surface area contributed by atoms with E-state index in [0.29, 0.717) is 39.4 Å². The molecule has 0 aromatic heterocycles. The molecule has 3 aromatic carbocycles. The lowest BCUT2D eigenvalue weighted by atomic mass is 9.99. The average Bonchev–Trinajstić information content (AvgIpc) is 2.97. The zero-order chi connectivity index (χ0) is 32.2. The van der Waals surface area contributed by atoms with Gasteiger partial charge in [-0.25, -0.2) is 4.79 Å². The number of ether oxygens (including phenoxy) is 3. The SMILES string of the molecule is CCOC(=O)Cc1c(CNc2ccc(C)cc2C(=O)Nc2ccc(C(=N)NC(=O)OCC)cc2)cc(CO)cc1OC(C)C. The minimum Gasteiger partial charge on any atom is -0.491 e. The van der Waals surface area contributed by atoms with Gasteiger partial charge >= 0.3 is 12.1 Å². The Morgan fingerprint density at radius 2 is 1.66 bits per heavy atom. The first kappa shape index (κ1) is 33.6. The number of aryl methyl sites for hydroxylation is 1. The summed E-state index contributed by atoms with van der Waals surface area (Å²) in [6.07, 6.45) is -0.886. The van der Waals surface area contributed by atoms with Crippen LogP contribution in [0.25, 0.3) is 0 Å². The number of hydrogen-bond acceptors (Lipinski definition) is 9. The highest BCUT2D eigenvalue weighted by Gasteiger charge is 2.19. The first-order valence-corrected chi connectivity index (χ1v) is 14.4. The van der Waals surface area contributed by atoms with Crippen molar-refractivity contribution in [2.45, 2.75) is 60.3 Å². The molecular formula is C33H40N4O7. The molecule has 0 aliphatic heterocycles. The van der Waals surface area contributed by atoms with Crippen molar-refractivity contribution >= 4 is 35.2 Å². The number of aliphatic hydroxyl groups excluding tert-OH is 1. The highest BCUT2D eigenvalue weighted by Crippen LogP contribution is 2.29. The van der Waals surface area contributed by atoms with Gasteiger partial charge in [0.2, 0.25) is 0 Å². The normalized spacial score (nSPS) is 10.6. The average molecular weight is 605 g/mol. The summed E-state index contributed by atoms with van der Waals surface area (Å²) in [6, 6.07) is 15.5. The summed E-state index contributed by atoms with van der Waals surface area (Å²) in [4.78, 5) is 37.5. The summed E-state index contributed by atoms with van der Waals surface area (Å²) in [5.74, 6) is -0.385. The van der Waals surface area contributed by atoms with E-state index in [0.717, 1.165) is 11.1 Å². The van der Waals surface area contributed by atoms with Crippen molar-refractivity contribution in [2.24, 2.45) is 0 Å². The summed E-state index contributed by atoms with van der Waals surface area (Å²) >= 11 is 0. The molecule has 234 valence electrons. The van der Waals surface area contributed by atoms with E-state index in [1.54, 1.807) is 56.3 Å². The van der Waals surface area contributed by atoms with Gasteiger partial charge < -0.3 is 30.0 Å². The summed E-state index contributed by atoms with van der Waals surface area (Å²) in [5, 5.41) is 26.5. The Bertz CT molecular complexity index is 1490. The predicted molar refractivity (Wildman–Crippen MR) is 168 cm³/mol. The first-order chi connectivity index (χ1) is 21.0. The number of carbonyl (C=O) groups is 3. The second-order valence-corrected chi connectivity index (χ2v) is 10.2. The van der Waals surface area contributed by atoms with Crippen molar-refractivity contribution in [1.82, 2.24) is 5.32 Å². The van der Waals surface area contributed by atoms with E-state index in [-0.39, 0.29) is 50.6 Å². The minimum absolute atomic E-state index is 0.0113. The number of hydrogen-bond donors (Lipinski definition) is 5. The third kappa shape index (κ3) is 9.56. The van der Waals surface area contributed by atoms with E-state index in [4.69, 9.17) is 19.6 Å². The lowest BCUT2D eigenvalue weighted by Crippen LogP contribution is -2.31. The van der Waals surface area contributed by atoms with Gasteiger partial charge in [0.05, 0.1) is 37.9 Å². The van der Waals surface area contributed by atoms with Crippen LogP contribution in [0.1, 0.15) is 65.9 Å². The van der Waals surface area contributed by atoms with Crippen LogP contribution in [0.2, 0.25) is 0 Å². The van der Waals surface area contributed by atoms with Crippen LogP contribution in [-0.2, 0) is 33.8 Å². The van der Waals surface area contributed by atoms with Crippen LogP contribution in [0, 0.1) is 12.3 Å². The molecule has 0 saturated heterocycles. The van der Waals surface area contributed by atoms with Crippen LogP contribution in [-0.4, -0.2) is 48.2 Å². The molecule has 0 atom stereocenters. The molecule has 0 spiro atoms. The summed E-state index contributed by atoms with van der Waals surface area (Å²) in [6.45, 7) is 9.53. The van der Waals surface area contributed by atoms with Crippen molar-refractivity contribution in [2.75, 3.05) is 23.8 Å². The van der Waals surface area contributed by atoms with E-state index in [1.807, 2.05) is 32.9 Å². The third-order valence-corrected chi connectivity index (χ3v) is 6.36. The number of alkyl carbamates (subject to hydrolysis) is 1. The van der Waals surface area contributed by atoms with Crippen LogP contribution >= 0.6 is 0 Å². The summed E-state index contributed by atoms with van der Waals surface area (Å²) in [5.41, 5.74) is 4.78. The smallest absolute Gasteiger partial charge is 0.412 e. The molecule has 3 aromatic rings. The number of benzene rings is 3. The van der Waals surface area contributed by atoms with Crippen molar-refractivity contribution in [3.63, 3.8) is 0 Å². The molecule has 0 fully saturated rings. The standard InChI is InChI=1S/C33H40N4O7/c1-6-42-30(39)17-26-24(15-22(19-38)16-29(26)44-20(3)4)18-35-28-13-8-21(5)14-27(28)32(40)36-25-11-9-23(10-12-25)31(34)37-33(41)43-7-2/h8-16,20,35,38H,6-7,17-19H2,1-5H3,(H,36,40)(H2,34,37,41). The second-order valence-electron chi connectivity index (χ2n) is 10.2. The maximum Gasteiger partial charge on any atom is 0.412 e. The van der Waals surface area contributed by atoms with Gasteiger partial charge in [-0.1, -0.05) is 17.7 Å². The molecule has 11 nitrogen and oxygen atoms in total. The molecule has 0 unspecified atom stereocenters. The van der Waals surface area contributed by atoms with Crippen LogP contribution in [0.3, 0.4) is 0 Å². The monoisotopic (exact) mass is 604 g/mol. The maximum absolute atomic E-state index is 13.4. The Hall–Kier alpha value is -4.90. The number of anilines is 2. The molecule has 0 saturated carbocycles. The van der Waals surface area contributed by atoms with Gasteiger partial charge in [-0.2, -0.15) is 0 Å². The van der Waals surface area contributed by atoms with Crippen molar-refractivity contribution in [3.05, 3.63) is 88.0 Å². The number of esters is 1. The van der Waals surface area contributed by atoms with Crippen molar-refractivity contribution in [3.8, 4) is 5.75 Å². The molecule has 44 heavy (non-hydrogen) atoms. The predicted octanol–water partition coefficient (Wildman–Crippen LogP) is 5.32. The number of aliphatic hydroxyl groups is 1. The fourth-order valence-corrected chi connectivity index (χ4v) is 4.38. The van der Waals surface area contributed by atoms with Crippen LogP contribution < -0.4 is 20.7 Å². The van der Waals surface area contributed by atoms with Gasteiger partial charge in [-0.15, -0.1) is 0 Å². The van der Waals surface area contributed by atoms with E-state index < -0.39 is 12.1 Å². The van der Waals surface area contributed by atoms with E-state index in [9.17, 15) is 19.5 Å². The van der Waals surface area contributed by atoms with Gasteiger partial charge in [-0.3, -0.25) is 20.3 Å². The third-order valence-electron chi connectivity index (χ3n) is 6.36. The fraction of sp³-hybridized carbons (Fsp3) is 0.333. The maximum atomic E-state index is 13.4. The van der Waals surface area contributed by atoms with Gasteiger partial charge in [0.15, 0.2) is 0 Å². The highest BCUT2D eigenvalue weighted by molar-refractivity contribution is 6.09. The molecule has 5 N–H and O–H groups in total. The van der Waals surface area contributed by atoms with Crippen LogP contribution in [0.4, 0.5) is 16.2 Å². The molecule has 11 heteroatoms. The van der Waals surface area contributed by atoms with Crippen molar-refractivity contribution in [1.29, 1.82) is 5.41 Å².